The molecule has 0 bridgehead atoms. The van der Waals surface area contributed by atoms with Crippen LogP contribution in [0.4, 0.5) is 15.8 Å². The third-order valence-electron chi connectivity index (χ3n) is 4.19. The average molecular weight is 338 g/mol. The van der Waals surface area contributed by atoms with E-state index in [4.69, 9.17) is 4.74 Å². The molecule has 1 atom stereocenters. The average Bonchev–Trinajstić information content (AvgIpc) is 3.02. The van der Waals surface area contributed by atoms with Crippen LogP contribution in [0.1, 0.15) is 23.3 Å². The number of ether oxygens (including phenoxy) is 1. The lowest BCUT2D eigenvalue weighted by Crippen LogP contribution is -2.15. The van der Waals surface area contributed by atoms with Crippen molar-refractivity contribution in [3.63, 3.8) is 0 Å². The molecule has 2 heterocycles. The number of nitrogens with one attached hydrogen (secondary N) is 1. The summed E-state index contributed by atoms with van der Waals surface area (Å²) in [5.74, 6) is -0.391. The molecule has 3 aromatic rings. The van der Waals surface area contributed by atoms with Gasteiger partial charge < -0.3 is 10.1 Å². The number of methoxy groups -OCH3 is 1. The molecule has 1 aromatic heterocycles. The SMILES string of the molecule is COc1ccc(C2C=Nc3cc4cnn(C(C)=O)c4cc3N2)cc1F. The Kier molecular flexibility index (Phi) is 3.49. The maximum Gasteiger partial charge on any atom is 0.244 e. The number of hydrogen-bond acceptors (Lipinski definition) is 5. The van der Waals surface area contributed by atoms with Gasteiger partial charge in [-0.2, -0.15) is 5.10 Å². The zero-order chi connectivity index (χ0) is 17.6. The number of nitrogens with zero attached hydrogens (tertiary/aromatic N) is 3. The quantitative estimate of drug-likeness (QED) is 0.773. The highest BCUT2D eigenvalue weighted by molar-refractivity contribution is 5.97. The van der Waals surface area contributed by atoms with Crippen LogP contribution < -0.4 is 10.1 Å². The van der Waals surface area contributed by atoms with Crippen LogP contribution in [-0.4, -0.2) is 29.0 Å². The van der Waals surface area contributed by atoms with Gasteiger partial charge in [-0.3, -0.25) is 9.79 Å². The maximum absolute atomic E-state index is 14.0. The number of aliphatic imine (C=N–C) groups is 1. The Morgan fingerprint density at radius 3 is 2.88 bits per heavy atom. The van der Waals surface area contributed by atoms with Crippen molar-refractivity contribution in [2.24, 2.45) is 4.99 Å². The highest BCUT2D eigenvalue weighted by atomic mass is 19.1. The van der Waals surface area contributed by atoms with Crippen molar-refractivity contribution in [2.75, 3.05) is 12.4 Å². The second kappa shape index (κ2) is 5.70. The van der Waals surface area contributed by atoms with Crippen molar-refractivity contribution < 1.29 is 13.9 Å². The van der Waals surface area contributed by atoms with Gasteiger partial charge >= 0.3 is 0 Å². The summed E-state index contributed by atoms with van der Waals surface area (Å²) < 4.78 is 20.3. The van der Waals surface area contributed by atoms with Crippen LogP contribution in [0.3, 0.4) is 0 Å². The minimum Gasteiger partial charge on any atom is -0.494 e. The number of carbonyl (C=O) groups excluding carboxylic acids is 1. The van der Waals surface area contributed by atoms with Crippen molar-refractivity contribution in [1.29, 1.82) is 0 Å². The molecule has 0 radical (unpaired) electrons. The van der Waals surface area contributed by atoms with Gasteiger partial charge in [0.05, 0.1) is 36.2 Å². The van der Waals surface area contributed by atoms with E-state index in [-0.39, 0.29) is 17.7 Å². The van der Waals surface area contributed by atoms with E-state index in [9.17, 15) is 9.18 Å². The number of aromatic nitrogens is 2. The first-order valence-electron chi connectivity index (χ1n) is 7.73. The molecule has 0 amide bonds. The summed E-state index contributed by atoms with van der Waals surface area (Å²) in [5.41, 5.74) is 2.95. The number of benzene rings is 2. The molecular weight excluding hydrogens is 323 g/mol. The minimum absolute atomic E-state index is 0.164. The van der Waals surface area contributed by atoms with Gasteiger partial charge in [0.1, 0.15) is 0 Å². The summed E-state index contributed by atoms with van der Waals surface area (Å²) in [7, 11) is 1.43. The van der Waals surface area contributed by atoms with Crippen LogP contribution >= 0.6 is 0 Å². The zero-order valence-corrected chi connectivity index (χ0v) is 13.7. The predicted molar refractivity (Wildman–Crippen MR) is 93.5 cm³/mol. The van der Waals surface area contributed by atoms with E-state index in [1.165, 1.54) is 24.8 Å². The molecule has 7 heteroatoms. The van der Waals surface area contributed by atoms with E-state index in [0.29, 0.717) is 5.52 Å². The van der Waals surface area contributed by atoms with E-state index in [1.54, 1.807) is 24.5 Å². The van der Waals surface area contributed by atoms with E-state index >= 15 is 0 Å². The lowest BCUT2D eigenvalue weighted by atomic mass is 10.0. The van der Waals surface area contributed by atoms with Gasteiger partial charge in [-0.1, -0.05) is 6.07 Å². The van der Waals surface area contributed by atoms with E-state index in [2.05, 4.69) is 15.4 Å². The molecule has 1 aliphatic rings. The minimum atomic E-state index is -0.425. The first kappa shape index (κ1) is 15.3. The standard InChI is InChI=1S/C18H15FN4O2/c1-10(24)23-17-7-15-14(6-12(17)8-21-23)20-9-16(22-15)11-3-4-18(25-2)13(19)5-11/h3-9,16,22H,1-2H3. The Balaban J connectivity index is 1.73. The molecule has 126 valence electrons. The fraction of sp³-hybridized carbons (Fsp3) is 0.167. The lowest BCUT2D eigenvalue weighted by Gasteiger charge is -2.22. The Labute approximate surface area is 142 Å². The number of anilines is 1. The van der Waals surface area contributed by atoms with Crippen LogP contribution in [-0.2, 0) is 0 Å². The molecule has 1 unspecified atom stereocenters. The molecule has 4 rings (SSSR count). The Morgan fingerprint density at radius 1 is 1.32 bits per heavy atom. The molecule has 2 aromatic carbocycles. The third kappa shape index (κ3) is 2.53. The summed E-state index contributed by atoms with van der Waals surface area (Å²) in [6.07, 6.45) is 3.36. The molecular formula is C18H15FN4O2. The van der Waals surface area contributed by atoms with Crippen LogP contribution in [0.25, 0.3) is 10.9 Å². The van der Waals surface area contributed by atoms with Gasteiger partial charge in [-0.05, 0) is 29.8 Å². The number of carbonyl (C=O) groups is 1. The van der Waals surface area contributed by atoms with Gasteiger partial charge in [0.25, 0.3) is 0 Å². The number of halogens is 1. The van der Waals surface area contributed by atoms with Crippen LogP contribution in [0.15, 0.2) is 41.5 Å². The largest absolute Gasteiger partial charge is 0.494 e. The number of rotatable bonds is 2. The summed E-state index contributed by atoms with van der Waals surface area (Å²) in [6, 6.07) is 8.22. The van der Waals surface area contributed by atoms with Crippen LogP contribution in [0, 0.1) is 5.82 Å². The molecule has 25 heavy (non-hydrogen) atoms. The lowest BCUT2D eigenvalue weighted by molar-refractivity contribution is 0.0927. The highest BCUT2D eigenvalue weighted by Crippen LogP contribution is 2.36. The van der Waals surface area contributed by atoms with Gasteiger partial charge in [0.2, 0.25) is 5.91 Å². The molecule has 1 aliphatic heterocycles. The molecule has 0 saturated carbocycles. The fourth-order valence-corrected chi connectivity index (χ4v) is 2.94. The zero-order valence-electron chi connectivity index (χ0n) is 13.7. The first-order chi connectivity index (χ1) is 12.1. The van der Waals surface area contributed by atoms with E-state index in [0.717, 1.165) is 22.3 Å². The van der Waals surface area contributed by atoms with Crippen LogP contribution in [0.2, 0.25) is 0 Å². The molecule has 0 aliphatic carbocycles. The van der Waals surface area contributed by atoms with Gasteiger partial charge in [-0.25, -0.2) is 9.07 Å². The predicted octanol–water partition coefficient (Wildman–Crippen LogP) is 3.71. The van der Waals surface area contributed by atoms with Crippen molar-refractivity contribution >= 4 is 34.4 Å². The monoisotopic (exact) mass is 338 g/mol. The number of hydrogen-bond donors (Lipinski definition) is 1. The highest BCUT2D eigenvalue weighted by Gasteiger charge is 2.19. The molecule has 6 nitrogen and oxygen atoms in total. The Bertz CT molecular complexity index is 1030. The normalized spacial score (nSPS) is 15.7. The first-order valence-corrected chi connectivity index (χ1v) is 7.73. The summed E-state index contributed by atoms with van der Waals surface area (Å²) >= 11 is 0. The van der Waals surface area contributed by atoms with Crippen molar-refractivity contribution in [3.05, 3.63) is 47.9 Å². The topological polar surface area (TPSA) is 68.5 Å². The van der Waals surface area contributed by atoms with Gasteiger partial charge in [0.15, 0.2) is 11.6 Å². The maximum atomic E-state index is 14.0. The third-order valence-corrected chi connectivity index (χ3v) is 4.19. The fourth-order valence-electron chi connectivity index (χ4n) is 2.94. The van der Waals surface area contributed by atoms with Gasteiger partial charge in [0, 0.05) is 18.5 Å². The van der Waals surface area contributed by atoms with E-state index < -0.39 is 5.82 Å². The molecule has 1 N–H and O–H groups in total. The summed E-state index contributed by atoms with van der Waals surface area (Å²) in [6.45, 7) is 1.46. The summed E-state index contributed by atoms with van der Waals surface area (Å²) in [4.78, 5) is 16.1. The van der Waals surface area contributed by atoms with Crippen molar-refractivity contribution in [3.8, 4) is 5.75 Å². The second-order valence-corrected chi connectivity index (χ2v) is 5.80. The Morgan fingerprint density at radius 2 is 2.16 bits per heavy atom. The van der Waals surface area contributed by atoms with Crippen molar-refractivity contribution in [1.82, 2.24) is 9.78 Å². The van der Waals surface area contributed by atoms with E-state index in [1.807, 2.05) is 12.1 Å². The smallest absolute Gasteiger partial charge is 0.244 e. The molecule has 0 fully saturated rings. The molecule has 0 saturated heterocycles. The Hall–Kier alpha value is -3.22. The van der Waals surface area contributed by atoms with Gasteiger partial charge in [-0.15, -0.1) is 0 Å². The van der Waals surface area contributed by atoms with Crippen molar-refractivity contribution in [2.45, 2.75) is 13.0 Å². The number of fused-ring (bicyclic) bond motifs is 2. The molecule has 0 spiro atoms. The second-order valence-electron chi connectivity index (χ2n) is 5.80. The summed E-state index contributed by atoms with van der Waals surface area (Å²) in [5, 5.41) is 8.25. The van der Waals surface area contributed by atoms with Crippen LogP contribution in [0.5, 0.6) is 5.75 Å².